The van der Waals surface area contributed by atoms with Gasteiger partial charge in [-0.2, -0.15) is 0 Å². The SMILES string of the molecule is CC(=O)Nc1ccc(S(=O)(=O)NCC2CCC(CNC(=O)OC(C)(C)C)CC2)cc1. The van der Waals surface area contributed by atoms with Gasteiger partial charge in [0.1, 0.15) is 5.60 Å². The topological polar surface area (TPSA) is 114 Å². The van der Waals surface area contributed by atoms with Crippen molar-refractivity contribution in [2.24, 2.45) is 11.8 Å². The summed E-state index contributed by atoms with van der Waals surface area (Å²) in [7, 11) is -3.59. The zero-order valence-electron chi connectivity index (χ0n) is 18.2. The molecule has 1 saturated carbocycles. The maximum atomic E-state index is 12.5. The number of carbonyl (C=O) groups is 2. The number of nitrogens with one attached hydrogen (secondary N) is 3. The number of carbonyl (C=O) groups excluding carboxylic acids is 2. The van der Waals surface area contributed by atoms with E-state index >= 15 is 0 Å². The van der Waals surface area contributed by atoms with E-state index in [-0.39, 0.29) is 16.7 Å². The second-order valence-electron chi connectivity index (χ2n) is 8.83. The summed E-state index contributed by atoms with van der Waals surface area (Å²) in [6.07, 6.45) is 3.29. The highest BCUT2D eigenvalue weighted by Crippen LogP contribution is 2.28. The Hall–Kier alpha value is -2.13. The predicted octanol–water partition coefficient (Wildman–Crippen LogP) is 3.25. The number of amides is 2. The number of anilines is 1. The van der Waals surface area contributed by atoms with E-state index in [4.69, 9.17) is 4.74 Å². The highest BCUT2D eigenvalue weighted by atomic mass is 32.2. The van der Waals surface area contributed by atoms with E-state index in [2.05, 4.69) is 15.4 Å². The number of alkyl carbamates (subject to hydrolysis) is 1. The summed E-state index contributed by atoms with van der Waals surface area (Å²) < 4.78 is 32.9. The van der Waals surface area contributed by atoms with Gasteiger partial charge in [0.25, 0.3) is 0 Å². The Morgan fingerprint density at radius 1 is 1.00 bits per heavy atom. The first-order chi connectivity index (χ1) is 13.9. The molecule has 0 atom stereocenters. The Labute approximate surface area is 179 Å². The zero-order chi connectivity index (χ0) is 22.4. The van der Waals surface area contributed by atoms with Gasteiger partial charge in [0.05, 0.1) is 4.90 Å². The Morgan fingerprint density at radius 3 is 2.03 bits per heavy atom. The monoisotopic (exact) mass is 439 g/mol. The molecule has 3 N–H and O–H groups in total. The quantitative estimate of drug-likeness (QED) is 0.603. The number of rotatable bonds is 7. The third-order valence-corrected chi connectivity index (χ3v) is 6.39. The zero-order valence-corrected chi connectivity index (χ0v) is 19.0. The Bertz CT molecular complexity index is 823. The summed E-state index contributed by atoms with van der Waals surface area (Å²) in [5.74, 6) is 0.448. The molecule has 0 radical (unpaired) electrons. The van der Waals surface area contributed by atoms with Crippen molar-refractivity contribution in [2.45, 2.75) is 63.9 Å². The van der Waals surface area contributed by atoms with Crippen LogP contribution in [0.4, 0.5) is 10.5 Å². The summed E-state index contributed by atoms with van der Waals surface area (Å²) in [5, 5.41) is 5.43. The van der Waals surface area contributed by atoms with Gasteiger partial charge in [0.2, 0.25) is 15.9 Å². The van der Waals surface area contributed by atoms with E-state index in [9.17, 15) is 18.0 Å². The number of benzene rings is 1. The first-order valence-corrected chi connectivity index (χ1v) is 11.8. The summed E-state index contributed by atoms with van der Waals surface area (Å²) in [5.41, 5.74) is 0.0446. The van der Waals surface area contributed by atoms with Crippen molar-refractivity contribution in [3.8, 4) is 0 Å². The summed E-state index contributed by atoms with van der Waals surface area (Å²) >= 11 is 0. The van der Waals surface area contributed by atoms with Gasteiger partial charge in [-0.1, -0.05) is 0 Å². The van der Waals surface area contributed by atoms with Gasteiger partial charge in [-0.25, -0.2) is 17.9 Å². The maximum absolute atomic E-state index is 12.5. The Morgan fingerprint density at radius 2 is 1.53 bits per heavy atom. The molecule has 0 heterocycles. The minimum Gasteiger partial charge on any atom is -0.444 e. The van der Waals surface area contributed by atoms with Gasteiger partial charge in [0, 0.05) is 25.7 Å². The van der Waals surface area contributed by atoms with Crippen LogP contribution < -0.4 is 15.4 Å². The lowest BCUT2D eigenvalue weighted by molar-refractivity contribution is -0.114. The van der Waals surface area contributed by atoms with Crippen molar-refractivity contribution in [1.29, 1.82) is 0 Å². The lowest BCUT2D eigenvalue weighted by atomic mass is 9.82. The molecule has 0 unspecified atom stereocenters. The van der Waals surface area contributed by atoms with Crippen molar-refractivity contribution in [3.05, 3.63) is 24.3 Å². The van der Waals surface area contributed by atoms with Crippen LogP contribution >= 0.6 is 0 Å². The molecule has 1 aromatic carbocycles. The van der Waals surface area contributed by atoms with Crippen molar-refractivity contribution >= 4 is 27.7 Å². The molecule has 0 aliphatic heterocycles. The summed E-state index contributed by atoms with van der Waals surface area (Å²) in [6, 6.07) is 6.09. The normalized spacial score (nSPS) is 19.7. The van der Waals surface area contributed by atoms with Crippen LogP contribution in [-0.2, 0) is 19.6 Å². The van der Waals surface area contributed by atoms with Crippen molar-refractivity contribution in [3.63, 3.8) is 0 Å². The molecule has 168 valence electrons. The molecule has 1 aromatic rings. The molecule has 8 nitrogen and oxygen atoms in total. The van der Waals surface area contributed by atoms with E-state index in [1.165, 1.54) is 19.1 Å². The van der Waals surface area contributed by atoms with Crippen LogP contribution in [-0.4, -0.2) is 39.1 Å². The van der Waals surface area contributed by atoms with Gasteiger partial charge in [-0.05, 0) is 82.6 Å². The van der Waals surface area contributed by atoms with Crippen LogP contribution in [0.3, 0.4) is 0 Å². The molecular formula is C21H33N3O5S. The average molecular weight is 440 g/mol. The minimum absolute atomic E-state index is 0.173. The van der Waals surface area contributed by atoms with Crippen molar-refractivity contribution in [1.82, 2.24) is 10.0 Å². The van der Waals surface area contributed by atoms with Gasteiger partial charge < -0.3 is 15.4 Å². The number of ether oxygens (including phenoxy) is 1. The summed E-state index contributed by atoms with van der Waals surface area (Å²) in [6.45, 7) is 7.85. The smallest absolute Gasteiger partial charge is 0.407 e. The molecule has 0 aromatic heterocycles. The fraction of sp³-hybridized carbons (Fsp3) is 0.619. The highest BCUT2D eigenvalue weighted by Gasteiger charge is 2.24. The van der Waals surface area contributed by atoms with E-state index in [0.717, 1.165) is 25.7 Å². The van der Waals surface area contributed by atoms with E-state index in [0.29, 0.717) is 24.7 Å². The average Bonchev–Trinajstić information content (AvgIpc) is 2.64. The second kappa shape index (κ2) is 10.3. The van der Waals surface area contributed by atoms with Crippen LogP contribution in [0.1, 0.15) is 53.4 Å². The van der Waals surface area contributed by atoms with Crippen molar-refractivity contribution < 1.29 is 22.7 Å². The summed E-state index contributed by atoms with van der Waals surface area (Å²) in [4.78, 5) is 23.0. The molecule has 1 aliphatic rings. The Balaban J connectivity index is 1.74. The first-order valence-electron chi connectivity index (χ1n) is 10.3. The van der Waals surface area contributed by atoms with Crippen LogP contribution in [0.2, 0.25) is 0 Å². The third-order valence-electron chi connectivity index (χ3n) is 4.95. The molecule has 1 aliphatic carbocycles. The fourth-order valence-electron chi connectivity index (χ4n) is 3.41. The van der Waals surface area contributed by atoms with Crippen molar-refractivity contribution in [2.75, 3.05) is 18.4 Å². The molecule has 0 spiro atoms. The van der Waals surface area contributed by atoms with Crippen LogP contribution in [0.15, 0.2) is 29.2 Å². The molecule has 30 heavy (non-hydrogen) atoms. The highest BCUT2D eigenvalue weighted by molar-refractivity contribution is 7.89. The van der Waals surface area contributed by atoms with Gasteiger partial charge in [0.15, 0.2) is 0 Å². The molecule has 1 fully saturated rings. The molecule has 2 amide bonds. The predicted molar refractivity (Wildman–Crippen MR) is 116 cm³/mol. The Kier molecular flexibility index (Phi) is 8.25. The molecule has 0 bridgehead atoms. The largest absolute Gasteiger partial charge is 0.444 e. The first kappa shape index (κ1) is 24.1. The molecular weight excluding hydrogens is 406 g/mol. The van der Waals surface area contributed by atoms with Crippen LogP contribution in [0.5, 0.6) is 0 Å². The lowest BCUT2D eigenvalue weighted by Crippen LogP contribution is -2.37. The standard InChI is InChI=1S/C21H33N3O5S/c1-15(25)24-18-9-11-19(12-10-18)30(27,28)23-14-17-7-5-16(6-8-17)13-22-20(26)29-21(2,3)4/h9-12,16-17,23H,5-8,13-14H2,1-4H3,(H,22,26)(H,24,25). The third kappa shape index (κ3) is 8.31. The van der Waals surface area contributed by atoms with Gasteiger partial charge >= 0.3 is 6.09 Å². The van der Waals surface area contributed by atoms with Gasteiger partial charge in [-0.15, -0.1) is 0 Å². The minimum atomic E-state index is -3.59. The number of hydrogen-bond acceptors (Lipinski definition) is 5. The van der Waals surface area contributed by atoms with E-state index in [1.54, 1.807) is 12.1 Å². The molecule has 0 saturated heterocycles. The lowest BCUT2D eigenvalue weighted by Gasteiger charge is -2.29. The van der Waals surface area contributed by atoms with Gasteiger partial charge in [-0.3, -0.25) is 4.79 Å². The van der Waals surface area contributed by atoms with E-state index < -0.39 is 21.7 Å². The number of sulfonamides is 1. The molecule has 9 heteroatoms. The van der Waals surface area contributed by atoms with Crippen LogP contribution in [0, 0.1) is 11.8 Å². The molecule has 2 rings (SSSR count). The van der Waals surface area contributed by atoms with Crippen LogP contribution in [0.25, 0.3) is 0 Å². The van der Waals surface area contributed by atoms with E-state index in [1.807, 2.05) is 20.8 Å². The maximum Gasteiger partial charge on any atom is 0.407 e. The second-order valence-corrected chi connectivity index (χ2v) is 10.6. The fourth-order valence-corrected chi connectivity index (χ4v) is 4.53. The number of hydrogen-bond donors (Lipinski definition) is 3.